The van der Waals surface area contributed by atoms with Gasteiger partial charge in [-0.15, -0.1) is 0 Å². The van der Waals surface area contributed by atoms with Gasteiger partial charge in [0.05, 0.1) is 10.9 Å². The molecule has 3 aromatic heterocycles. The second-order valence-corrected chi connectivity index (χ2v) is 10.8. The van der Waals surface area contributed by atoms with E-state index in [1.165, 1.54) is 17.0 Å². The van der Waals surface area contributed by atoms with E-state index < -0.39 is 11.9 Å². The van der Waals surface area contributed by atoms with Gasteiger partial charge in [0.2, 0.25) is 11.8 Å². The number of fused-ring (bicyclic) bond motifs is 4. The van der Waals surface area contributed by atoms with Crippen molar-refractivity contribution in [1.82, 2.24) is 24.4 Å². The highest BCUT2D eigenvalue weighted by Crippen LogP contribution is 2.44. The van der Waals surface area contributed by atoms with Crippen LogP contribution in [-0.2, 0) is 16.1 Å². The average Bonchev–Trinajstić information content (AvgIpc) is 3.26. The van der Waals surface area contributed by atoms with Gasteiger partial charge in [-0.05, 0) is 65.4 Å². The number of nitrogens with one attached hydrogen (secondary N) is 1. The third kappa shape index (κ3) is 3.74. The normalized spacial score (nSPS) is 21.0. The van der Waals surface area contributed by atoms with Crippen molar-refractivity contribution in [2.24, 2.45) is 5.92 Å². The van der Waals surface area contributed by atoms with Gasteiger partial charge < -0.3 is 20.5 Å². The minimum atomic E-state index is -0.637. The van der Waals surface area contributed by atoms with E-state index in [0.717, 1.165) is 12.8 Å². The predicted octanol–water partition coefficient (Wildman–Crippen LogP) is 4.24. The van der Waals surface area contributed by atoms with Gasteiger partial charge in [0.25, 0.3) is 0 Å². The van der Waals surface area contributed by atoms with Crippen LogP contribution in [0.25, 0.3) is 21.9 Å². The SMILES string of the molecule is Nc1ncnc2c1c1cc(Br)cc(F)c1n2CC(=O)N1[C@@H]2CC[C@@H]2C[C@H]1C(=O)Nc1cccc(Br)n1. The molecule has 1 aromatic carbocycles. The van der Waals surface area contributed by atoms with Crippen molar-refractivity contribution in [3.05, 3.63) is 51.6 Å². The molecular weight excluding hydrogens is 597 g/mol. The van der Waals surface area contributed by atoms with Gasteiger partial charge in [-0.2, -0.15) is 0 Å². The summed E-state index contributed by atoms with van der Waals surface area (Å²) in [6.07, 6.45) is 3.68. The number of anilines is 2. The van der Waals surface area contributed by atoms with Gasteiger partial charge in [0.15, 0.2) is 0 Å². The zero-order valence-corrected chi connectivity index (χ0v) is 22.0. The monoisotopic (exact) mass is 615 g/mol. The maximum atomic E-state index is 15.2. The molecule has 12 heteroatoms. The summed E-state index contributed by atoms with van der Waals surface area (Å²) in [6, 6.07) is 7.66. The van der Waals surface area contributed by atoms with Crippen molar-refractivity contribution in [1.29, 1.82) is 0 Å². The first-order chi connectivity index (χ1) is 17.3. The highest BCUT2D eigenvalue weighted by molar-refractivity contribution is 9.10. The summed E-state index contributed by atoms with van der Waals surface area (Å²) in [5, 5.41) is 3.84. The van der Waals surface area contributed by atoms with Crippen molar-refractivity contribution in [3.8, 4) is 0 Å². The summed E-state index contributed by atoms with van der Waals surface area (Å²) >= 11 is 6.63. The number of nitrogen functional groups attached to an aromatic ring is 1. The zero-order valence-electron chi connectivity index (χ0n) is 18.8. The minimum absolute atomic E-state index is 0.0181. The van der Waals surface area contributed by atoms with E-state index in [1.807, 2.05) is 0 Å². The standard InChI is InChI=1S/C24H20Br2FN7O2/c25-12-7-13-20-22(28)29-10-30-23(20)33(21(13)14(27)8-12)9-19(35)34-15-5-4-11(15)6-16(34)24(36)32-18-3-1-2-17(26)31-18/h1-3,7-8,10-11,15-16H,4-6,9H2,(H2,28,29,30)(H,31,32,36)/t11-,15-,16+/m1/s1. The number of hydrogen-bond acceptors (Lipinski definition) is 6. The molecule has 1 saturated heterocycles. The molecule has 4 aromatic rings. The maximum absolute atomic E-state index is 15.2. The molecule has 0 radical (unpaired) electrons. The molecule has 2 amide bonds. The van der Waals surface area contributed by atoms with Gasteiger partial charge >= 0.3 is 0 Å². The Kier molecular flexibility index (Phi) is 5.67. The lowest BCUT2D eigenvalue weighted by molar-refractivity contribution is -0.140. The first-order valence-electron chi connectivity index (χ1n) is 11.4. The number of rotatable bonds is 4. The number of halogens is 3. The summed E-state index contributed by atoms with van der Waals surface area (Å²) in [5.41, 5.74) is 6.71. The van der Waals surface area contributed by atoms with Crippen LogP contribution in [-0.4, -0.2) is 48.3 Å². The number of carbonyl (C=O) groups excluding carboxylic acids is 2. The van der Waals surface area contributed by atoms with Crippen LogP contribution < -0.4 is 11.1 Å². The first kappa shape index (κ1) is 23.3. The Morgan fingerprint density at radius 1 is 1.19 bits per heavy atom. The lowest BCUT2D eigenvalue weighted by Crippen LogP contribution is -2.50. The Morgan fingerprint density at radius 2 is 2.03 bits per heavy atom. The molecule has 3 N–H and O–H groups in total. The van der Waals surface area contributed by atoms with Gasteiger partial charge in [0.1, 0.15) is 46.6 Å². The van der Waals surface area contributed by atoms with Crippen LogP contribution in [0.1, 0.15) is 19.3 Å². The van der Waals surface area contributed by atoms with Gasteiger partial charge in [-0.1, -0.05) is 22.0 Å². The van der Waals surface area contributed by atoms with Crippen LogP contribution in [0.3, 0.4) is 0 Å². The minimum Gasteiger partial charge on any atom is -0.383 e. The number of benzene rings is 1. The number of pyridine rings is 1. The molecule has 1 saturated carbocycles. The third-order valence-electron chi connectivity index (χ3n) is 7.13. The number of carbonyl (C=O) groups is 2. The van der Waals surface area contributed by atoms with Gasteiger partial charge in [-0.25, -0.2) is 19.3 Å². The maximum Gasteiger partial charge on any atom is 0.248 e. The molecule has 2 fully saturated rings. The Balaban J connectivity index is 1.36. The molecule has 1 aliphatic heterocycles. The number of nitrogens with two attached hydrogens (primary N) is 1. The smallest absolute Gasteiger partial charge is 0.248 e. The van der Waals surface area contributed by atoms with Gasteiger partial charge in [-0.3, -0.25) is 9.59 Å². The Morgan fingerprint density at radius 3 is 2.78 bits per heavy atom. The number of aromatic nitrogens is 4. The molecule has 184 valence electrons. The quantitative estimate of drug-likeness (QED) is 0.331. The van der Waals surface area contributed by atoms with E-state index in [0.29, 0.717) is 37.7 Å². The molecule has 0 unspecified atom stereocenters. The van der Waals surface area contributed by atoms with E-state index in [9.17, 15) is 9.59 Å². The molecule has 36 heavy (non-hydrogen) atoms. The van der Waals surface area contributed by atoms with Crippen molar-refractivity contribution < 1.29 is 14.0 Å². The number of likely N-dealkylation sites (tertiary alicyclic amines) is 1. The first-order valence-corrected chi connectivity index (χ1v) is 13.0. The van der Waals surface area contributed by atoms with Crippen LogP contribution in [0.2, 0.25) is 0 Å². The Bertz CT molecular complexity index is 1560. The fraction of sp³-hybridized carbons (Fsp3) is 0.292. The second kappa shape index (κ2) is 8.77. The molecule has 0 spiro atoms. The van der Waals surface area contributed by atoms with Crippen molar-refractivity contribution >= 4 is 77.2 Å². The molecule has 0 bridgehead atoms. The largest absolute Gasteiger partial charge is 0.383 e. The Hall–Kier alpha value is -3.12. The van der Waals surface area contributed by atoms with Crippen molar-refractivity contribution in [2.75, 3.05) is 11.1 Å². The Labute approximate surface area is 221 Å². The zero-order chi connectivity index (χ0) is 25.1. The highest BCUT2D eigenvalue weighted by atomic mass is 79.9. The van der Waals surface area contributed by atoms with E-state index in [2.05, 4.69) is 52.1 Å². The topological polar surface area (TPSA) is 119 Å². The highest BCUT2D eigenvalue weighted by Gasteiger charge is 2.51. The summed E-state index contributed by atoms with van der Waals surface area (Å²) in [7, 11) is 0. The summed E-state index contributed by atoms with van der Waals surface area (Å²) < 4.78 is 17.9. The summed E-state index contributed by atoms with van der Waals surface area (Å²) in [5.74, 6) is -0.197. The van der Waals surface area contributed by atoms with E-state index in [4.69, 9.17) is 5.73 Å². The lowest BCUT2D eigenvalue weighted by Gasteiger charge is -2.37. The fourth-order valence-electron chi connectivity index (χ4n) is 5.46. The molecule has 9 nitrogen and oxygen atoms in total. The van der Waals surface area contributed by atoms with Crippen LogP contribution in [0.5, 0.6) is 0 Å². The van der Waals surface area contributed by atoms with Gasteiger partial charge in [0, 0.05) is 15.9 Å². The fourth-order valence-corrected chi connectivity index (χ4v) is 6.24. The number of amides is 2. The summed E-state index contributed by atoms with van der Waals surface area (Å²) in [4.78, 5) is 41.3. The lowest BCUT2D eigenvalue weighted by atomic mass is 9.80. The van der Waals surface area contributed by atoms with E-state index in [1.54, 1.807) is 29.2 Å². The molecule has 6 rings (SSSR count). The molecule has 3 atom stereocenters. The second-order valence-electron chi connectivity index (χ2n) is 9.12. The van der Waals surface area contributed by atoms with Crippen molar-refractivity contribution in [3.63, 3.8) is 0 Å². The number of nitrogens with zero attached hydrogens (tertiary/aromatic N) is 5. The van der Waals surface area contributed by atoms with Crippen LogP contribution in [0.15, 0.2) is 45.7 Å². The average molecular weight is 617 g/mol. The van der Waals surface area contributed by atoms with Crippen molar-refractivity contribution in [2.45, 2.75) is 37.9 Å². The van der Waals surface area contributed by atoms with Crippen LogP contribution in [0.4, 0.5) is 16.0 Å². The van der Waals surface area contributed by atoms with E-state index in [-0.39, 0.29) is 41.7 Å². The molecule has 4 heterocycles. The molecular formula is C24H20Br2FN7O2. The molecule has 1 aliphatic carbocycles. The third-order valence-corrected chi connectivity index (χ3v) is 8.03. The number of hydrogen-bond donors (Lipinski definition) is 2. The van der Waals surface area contributed by atoms with E-state index >= 15 is 4.39 Å². The van der Waals surface area contributed by atoms with Crippen LogP contribution in [0, 0.1) is 11.7 Å². The van der Waals surface area contributed by atoms with Crippen LogP contribution >= 0.6 is 31.9 Å². The molecule has 2 aliphatic rings. The predicted molar refractivity (Wildman–Crippen MR) is 139 cm³/mol. The summed E-state index contributed by atoms with van der Waals surface area (Å²) in [6.45, 7) is -0.183.